The Labute approximate surface area is 87.7 Å². The molecule has 7 heavy (non-hydrogen) atoms. The Morgan fingerprint density at radius 2 is 1.43 bits per heavy atom. The summed E-state index contributed by atoms with van der Waals surface area (Å²) in [6, 6.07) is 0. The minimum Gasteiger partial charge on any atom is -0.848 e. The first-order valence-corrected chi connectivity index (χ1v) is 1.21. The SMILES string of the molecule is [O-]CC(F)(F)F.[Rb+]. The van der Waals surface area contributed by atoms with Crippen molar-refractivity contribution in [2.75, 3.05) is 6.61 Å². The molecule has 0 aliphatic carbocycles. The summed E-state index contributed by atoms with van der Waals surface area (Å²) in [6.45, 7) is -1.98. The van der Waals surface area contributed by atoms with Crippen molar-refractivity contribution in [3.63, 3.8) is 0 Å². The van der Waals surface area contributed by atoms with Crippen molar-refractivity contribution in [3.05, 3.63) is 0 Å². The third kappa shape index (κ3) is 11.2. The average molecular weight is 184 g/mol. The van der Waals surface area contributed by atoms with E-state index in [0.717, 1.165) is 0 Å². The van der Waals surface area contributed by atoms with Gasteiger partial charge in [0.05, 0.1) is 0 Å². The Hall–Kier alpha value is 1.56. The van der Waals surface area contributed by atoms with Gasteiger partial charge in [0.15, 0.2) is 0 Å². The van der Waals surface area contributed by atoms with Gasteiger partial charge >= 0.3 is 64.4 Å². The van der Waals surface area contributed by atoms with E-state index in [0.29, 0.717) is 0 Å². The van der Waals surface area contributed by atoms with Gasteiger partial charge in [0.25, 0.3) is 0 Å². The van der Waals surface area contributed by atoms with E-state index in [9.17, 15) is 13.2 Å². The van der Waals surface area contributed by atoms with Crippen LogP contribution in [0, 0.1) is 0 Å². The molecule has 0 fully saturated rings. The molecule has 0 rings (SSSR count). The fraction of sp³-hybridized carbons (Fsp3) is 1.00. The molecule has 0 saturated heterocycles. The summed E-state index contributed by atoms with van der Waals surface area (Å²) in [6.07, 6.45) is -4.51. The maximum Gasteiger partial charge on any atom is 1.00 e. The van der Waals surface area contributed by atoms with Gasteiger partial charge in [-0.05, 0) is 6.61 Å². The van der Waals surface area contributed by atoms with Crippen molar-refractivity contribution in [1.82, 2.24) is 0 Å². The van der Waals surface area contributed by atoms with Crippen LogP contribution in [0.2, 0.25) is 0 Å². The summed E-state index contributed by atoms with van der Waals surface area (Å²) < 4.78 is 31.4. The van der Waals surface area contributed by atoms with E-state index in [-0.39, 0.29) is 58.2 Å². The molecule has 0 atom stereocenters. The molecule has 0 aromatic rings. The zero-order valence-electron chi connectivity index (χ0n) is 3.75. The van der Waals surface area contributed by atoms with Crippen LogP contribution in [0.3, 0.4) is 0 Å². The summed E-state index contributed by atoms with van der Waals surface area (Å²) in [5.74, 6) is 0. The number of rotatable bonds is 0. The van der Waals surface area contributed by atoms with Crippen LogP contribution in [0.25, 0.3) is 0 Å². The van der Waals surface area contributed by atoms with Crippen LogP contribution in [0.4, 0.5) is 13.2 Å². The van der Waals surface area contributed by atoms with Crippen LogP contribution < -0.4 is 63.3 Å². The van der Waals surface area contributed by atoms with E-state index in [2.05, 4.69) is 0 Å². The normalized spacial score (nSPS) is 10.3. The van der Waals surface area contributed by atoms with Crippen LogP contribution in [-0.2, 0) is 0 Å². The van der Waals surface area contributed by atoms with Crippen molar-refractivity contribution in [1.29, 1.82) is 0 Å². The van der Waals surface area contributed by atoms with Gasteiger partial charge < -0.3 is 5.11 Å². The first-order chi connectivity index (χ1) is 2.56. The molecule has 38 valence electrons. The summed E-state index contributed by atoms with van der Waals surface area (Å²) in [5.41, 5.74) is 0. The summed E-state index contributed by atoms with van der Waals surface area (Å²) in [5, 5.41) is 8.83. The molecule has 0 radical (unpaired) electrons. The smallest absolute Gasteiger partial charge is 0.848 e. The number of alkyl halides is 3. The molecule has 0 unspecified atom stereocenters. The fourth-order valence-corrected chi connectivity index (χ4v) is 0. The number of hydrogen-bond acceptors (Lipinski definition) is 1. The van der Waals surface area contributed by atoms with Crippen molar-refractivity contribution < 1.29 is 76.5 Å². The maximum absolute atomic E-state index is 10.5. The van der Waals surface area contributed by atoms with Gasteiger partial charge in [0.1, 0.15) is 0 Å². The van der Waals surface area contributed by atoms with Crippen LogP contribution in [-0.4, -0.2) is 12.8 Å². The largest absolute Gasteiger partial charge is 1.00 e. The van der Waals surface area contributed by atoms with Crippen molar-refractivity contribution in [2.24, 2.45) is 0 Å². The molecular formula is C2H2F3ORb. The van der Waals surface area contributed by atoms with Gasteiger partial charge in [-0.1, -0.05) is 0 Å². The summed E-state index contributed by atoms with van der Waals surface area (Å²) >= 11 is 0. The maximum atomic E-state index is 10.5. The third-order valence-electron chi connectivity index (χ3n) is 0.164. The van der Waals surface area contributed by atoms with Crippen LogP contribution in [0.1, 0.15) is 0 Å². The topological polar surface area (TPSA) is 23.1 Å². The molecule has 0 aromatic heterocycles. The van der Waals surface area contributed by atoms with Gasteiger partial charge in [0, 0.05) is 0 Å². The second kappa shape index (κ2) is 4.44. The second-order valence-electron chi connectivity index (χ2n) is 0.760. The minimum atomic E-state index is -4.51. The molecule has 0 aliphatic heterocycles. The number of halogens is 3. The predicted molar refractivity (Wildman–Crippen MR) is 10.9 cm³/mol. The molecule has 0 N–H and O–H groups in total. The Balaban J connectivity index is 0. The Morgan fingerprint density at radius 3 is 1.43 bits per heavy atom. The standard InChI is InChI=1S/C2H2F3O.Rb/c3-2(4,5)1-6;/h1H2;/q-1;+1. The molecular weight excluding hydrogens is 182 g/mol. The molecule has 5 heteroatoms. The predicted octanol–water partition coefficient (Wildman–Crippen LogP) is -3.09. The van der Waals surface area contributed by atoms with E-state index in [1.807, 2.05) is 0 Å². The molecule has 0 bridgehead atoms. The van der Waals surface area contributed by atoms with Crippen LogP contribution >= 0.6 is 0 Å². The molecule has 0 amide bonds. The average Bonchev–Trinajstić information content (AvgIpc) is 1.35. The van der Waals surface area contributed by atoms with Crippen molar-refractivity contribution in [2.45, 2.75) is 6.18 Å². The molecule has 0 heterocycles. The van der Waals surface area contributed by atoms with Crippen molar-refractivity contribution in [3.8, 4) is 0 Å². The van der Waals surface area contributed by atoms with Crippen LogP contribution in [0.15, 0.2) is 0 Å². The third-order valence-corrected chi connectivity index (χ3v) is 0.164. The van der Waals surface area contributed by atoms with Gasteiger partial charge in [-0.3, -0.25) is 0 Å². The van der Waals surface area contributed by atoms with Gasteiger partial charge in [-0.25, -0.2) is 0 Å². The van der Waals surface area contributed by atoms with Gasteiger partial charge in [-0.15, -0.1) is 0 Å². The molecule has 1 nitrogen and oxygen atoms in total. The summed E-state index contributed by atoms with van der Waals surface area (Å²) in [4.78, 5) is 0. The zero-order valence-corrected chi connectivity index (χ0v) is 8.67. The van der Waals surface area contributed by atoms with Crippen LogP contribution in [0.5, 0.6) is 0 Å². The van der Waals surface area contributed by atoms with Crippen molar-refractivity contribution >= 4 is 0 Å². The molecule has 0 aliphatic rings. The minimum absolute atomic E-state index is 0. The Kier molecular flexibility index (Phi) is 7.20. The fourth-order valence-electron chi connectivity index (χ4n) is 0. The first kappa shape index (κ1) is 11.4. The number of hydrogen-bond donors (Lipinski definition) is 0. The van der Waals surface area contributed by atoms with E-state index in [1.54, 1.807) is 0 Å². The van der Waals surface area contributed by atoms with Gasteiger partial charge in [-0.2, -0.15) is 13.2 Å². The second-order valence-corrected chi connectivity index (χ2v) is 0.760. The van der Waals surface area contributed by atoms with E-state index < -0.39 is 12.8 Å². The quantitative estimate of drug-likeness (QED) is 0.392. The molecule has 0 aromatic carbocycles. The Bertz CT molecular complexity index is 42.7. The van der Waals surface area contributed by atoms with E-state index >= 15 is 0 Å². The van der Waals surface area contributed by atoms with Gasteiger partial charge in [0.2, 0.25) is 0 Å². The monoisotopic (exact) mass is 184 g/mol. The first-order valence-electron chi connectivity index (χ1n) is 1.21. The zero-order chi connectivity index (χ0) is 5.21. The molecule has 0 spiro atoms. The summed E-state index contributed by atoms with van der Waals surface area (Å²) in [7, 11) is 0. The molecule has 0 saturated carbocycles. The van der Waals surface area contributed by atoms with E-state index in [4.69, 9.17) is 5.11 Å². The van der Waals surface area contributed by atoms with E-state index in [1.165, 1.54) is 0 Å². The Morgan fingerprint density at radius 1 is 1.29 bits per heavy atom.